The topological polar surface area (TPSA) is 40.5 Å². The first-order valence-corrected chi connectivity index (χ1v) is 6.08. The molecule has 0 aromatic rings. The van der Waals surface area contributed by atoms with E-state index in [4.69, 9.17) is 5.11 Å². The molecule has 1 heterocycles. The molecule has 4 unspecified atom stereocenters. The van der Waals surface area contributed by atoms with Gasteiger partial charge in [-0.3, -0.25) is 9.69 Å². The third kappa shape index (κ3) is 2.03. The lowest BCUT2D eigenvalue weighted by Crippen LogP contribution is -2.42. The molecule has 1 N–H and O–H groups in total. The fourth-order valence-electron chi connectivity index (χ4n) is 3.42. The molecule has 0 amide bonds. The van der Waals surface area contributed by atoms with Crippen LogP contribution in [0.3, 0.4) is 0 Å². The molecule has 2 rings (SSSR count). The van der Waals surface area contributed by atoms with E-state index >= 15 is 0 Å². The number of likely N-dealkylation sites (tertiary alicyclic amines) is 1. The van der Waals surface area contributed by atoms with Crippen molar-refractivity contribution >= 4 is 5.97 Å². The normalized spacial score (nSPS) is 42.3. The summed E-state index contributed by atoms with van der Waals surface area (Å²) in [7, 11) is 0. The highest BCUT2D eigenvalue weighted by Gasteiger charge is 2.41. The number of carboxylic acid groups (broad SMARTS) is 1. The first kappa shape index (κ1) is 10.9. The molecule has 2 fully saturated rings. The molecular formula is C12H21NO2. The average molecular weight is 211 g/mol. The summed E-state index contributed by atoms with van der Waals surface area (Å²) in [5.41, 5.74) is 0. The van der Waals surface area contributed by atoms with Crippen molar-refractivity contribution in [1.29, 1.82) is 0 Å². The van der Waals surface area contributed by atoms with Crippen LogP contribution in [-0.2, 0) is 4.79 Å². The van der Waals surface area contributed by atoms with E-state index in [-0.39, 0.29) is 5.92 Å². The van der Waals surface area contributed by atoms with Crippen molar-refractivity contribution in [3.63, 3.8) is 0 Å². The standard InChI is InChI=1S/C12H21NO2/c1-8-6-9(2)13(7-8)11-5-3-4-10(11)12(14)15/h8-11H,3-7H2,1-2H3,(H,14,15). The number of hydrogen-bond acceptors (Lipinski definition) is 2. The molecule has 2 aliphatic rings. The Balaban J connectivity index is 2.06. The number of nitrogens with zero attached hydrogens (tertiary/aromatic N) is 1. The molecule has 1 saturated carbocycles. The van der Waals surface area contributed by atoms with E-state index in [2.05, 4.69) is 18.7 Å². The zero-order valence-corrected chi connectivity index (χ0v) is 9.65. The smallest absolute Gasteiger partial charge is 0.308 e. The Morgan fingerprint density at radius 2 is 2.07 bits per heavy atom. The predicted molar refractivity (Wildman–Crippen MR) is 58.7 cm³/mol. The zero-order chi connectivity index (χ0) is 11.0. The number of carboxylic acids is 1. The van der Waals surface area contributed by atoms with Gasteiger partial charge in [-0.1, -0.05) is 13.3 Å². The molecule has 3 heteroatoms. The highest BCUT2D eigenvalue weighted by Crippen LogP contribution is 2.35. The Kier molecular flexibility index (Phi) is 3.01. The summed E-state index contributed by atoms with van der Waals surface area (Å²) in [5.74, 6) is 0.0250. The van der Waals surface area contributed by atoms with Crippen LogP contribution in [0.5, 0.6) is 0 Å². The number of hydrogen-bond donors (Lipinski definition) is 1. The third-order valence-corrected chi connectivity index (χ3v) is 4.05. The molecule has 0 bridgehead atoms. The fraction of sp³-hybridized carbons (Fsp3) is 0.917. The lowest BCUT2D eigenvalue weighted by atomic mass is 10.0. The van der Waals surface area contributed by atoms with Crippen molar-refractivity contribution in [3.8, 4) is 0 Å². The van der Waals surface area contributed by atoms with Gasteiger partial charge in [0.25, 0.3) is 0 Å². The summed E-state index contributed by atoms with van der Waals surface area (Å²) in [6.07, 6.45) is 4.26. The van der Waals surface area contributed by atoms with E-state index < -0.39 is 5.97 Å². The maximum atomic E-state index is 11.1. The van der Waals surface area contributed by atoms with Gasteiger partial charge in [-0.2, -0.15) is 0 Å². The molecule has 0 aromatic carbocycles. The van der Waals surface area contributed by atoms with Crippen molar-refractivity contribution in [2.45, 2.75) is 51.6 Å². The van der Waals surface area contributed by atoms with E-state index in [0.29, 0.717) is 12.1 Å². The van der Waals surface area contributed by atoms with Crippen molar-refractivity contribution in [3.05, 3.63) is 0 Å². The summed E-state index contributed by atoms with van der Waals surface area (Å²) < 4.78 is 0. The second-order valence-corrected chi connectivity index (χ2v) is 5.33. The first-order chi connectivity index (χ1) is 7.09. The van der Waals surface area contributed by atoms with Crippen molar-refractivity contribution in [2.24, 2.45) is 11.8 Å². The quantitative estimate of drug-likeness (QED) is 0.759. The zero-order valence-electron chi connectivity index (χ0n) is 9.65. The minimum absolute atomic E-state index is 0.113. The monoisotopic (exact) mass is 211 g/mol. The summed E-state index contributed by atoms with van der Waals surface area (Å²) in [6.45, 7) is 5.59. The van der Waals surface area contributed by atoms with Crippen LogP contribution in [0.1, 0.15) is 39.5 Å². The summed E-state index contributed by atoms with van der Waals surface area (Å²) in [6, 6.07) is 0.882. The van der Waals surface area contributed by atoms with Gasteiger partial charge in [0.15, 0.2) is 0 Å². The largest absolute Gasteiger partial charge is 0.481 e. The first-order valence-electron chi connectivity index (χ1n) is 6.08. The minimum atomic E-state index is -0.593. The predicted octanol–water partition coefficient (Wildman–Crippen LogP) is 1.97. The molecule has 0 spiro atoms. The van der Waals surface area contributed by atoms with Crippen LogP contribution in [0.15, 0.2) is 0 Å². The van der Waals surface area contributed by atoms with Gasteiger partial charge >= 0.3 is 5.97 Å². The van der Waals surface area contributed by atoms with Crippen LogP contribution in [0, 0.1) is 11.8 Å². The summed E-state index contributed by atoms with van der Waals surface area (Å²) in [5, 5.41) is 9.17. The van der Waals surface area contributed by atoms with Crippen LogP contribution in [0.25, 0.3) is 0 Å². The Hall–Kier alpha value is -0.570. The second-order valence-electron chi connectivity index (χ2n) is 5.33. The highest BCUT2D eigenvalue weighted by atomic mass is 16.4. The van der Waals surface area contributed by atoms with Gasteiger partial charge < -0.3 is 5.11 Å². The van der Waals surface area contributed by atoms with E-state index in [0.717, 1.165) is 31.7 Å². The SMILES string of the molecule is CC1CC(C)N(C2CCCC2C(=O)O)C1. The van der Waals surface area contributed by atoms with Gasteiger partial charge in [-0.05, 0) is 32.1 Å². The molecular weight excluding hydrogens is 190 g/mol. The molecule has 0 radical (unpaired) electrons. The summed E-state index contributed by atoms with van der Waals surface area (Å²) in [4.78, 5) is 13.6. The van der Waals surface area contributed by atoms with Crippen molar-refractivity contribution in [2.75, 3.05) is 6.54 Å². The Morgan fingerprint density at radius 3 is 2.60 bits per heavy atom. The van der Waals surface area contributed by atoms with Crippen LogP contribution in [0.4, 0.5) is 0 Å². The molecule has 4 atom stereocenters. The van der Waals surface area contributed by atoms with Gasteiger partial charge in [0.2, 0.25) is 0 Å². The van der Waals surface area contributed by atoms with E-state index in [1.54, 1.807) is 0 Å². The highest BCUT2D eigenvalue weighted by molar-refractivity contribution is 5.71. The Labute approximate surface area is 91.5 Å². The minimum Gasteiger partial charge on any atom is -0.481 e. The van der Waals surface area contributed by atoms with E-state index in [1.807, 2.05) is 0 Å². The average Bonchev–Trinajstić information content (AvgIpc) is 2.71. The van der Waals surface area contributed by atoms with E-state index in [1.165, 1.54) is 6.42 Å². The van der Waals surface area contributed by atoms with Crippen LogP contribution in [0.2, 0.25) is 0 Å². The van der Waals surface area contributed by atoms with Gasteiger partial charge in [0.05, 0.1) is 5.92 Å². The van der Waals surface area contributed by atoms with Crippen LogP contribution < -0.4 is 0 Å². The summed E-state index contributed by atoms with van der Waals surface area (Å²) >= 11 is 0. The number of rotatable bonds is 2. The molecule has 1 aliphatic heterocycles. The number of aliphatic carboxylic acids is 1. The fourth-order valence-corrected chi connectivity index (χ4v) is 3.42. The molecule has 86 valence electrons. The van der Waals surface area contributed by atoms with Crippen molar-refractivity contribution < 1.29 is 9.90 Å². The number of carbonyl (C=O) groups is 1. The van der Waals surface area contributed by atoms with Crippen LogP contribution >= 0.6 is 0 Å². The lowest BCUT2D eigenvalue weighted by Gasteiger charge is -2.31. The second kappa shape index (κ2) is 4.12. The molecule has 0 aromatic heterocycles. The maximum Gasteiger partial charge on any atom is 0.308 e. The maximum absolute atomic E-state index is 11.1. The van der Waals surface area contributed by atoms with Crippen LogP contribution in [-0.4, -0.2) is 34.6 Å². The van der Waals surface area contributed by atoms with Gasteiger partial charge in [0.1, 0.15) is 0 Å². The van der Waals surface area contributed by atoms with Gasteiger partial charge in [-0.15, -0.1) is 0 Å². The molecule has 1 saturated heterocycles. The van der Waals surface area contributed by atoms with Gasteiger partial charge in [-0.25, -0.2) is 0 Å². The lowest BCUT2D eigenvalue weighted by molar-refractivity contribution is -0.143. The molecule has 1 aliphatic carbocycles. The Morgan fingerprint density at radius 1 is 1.33 bits per heavy atom. The third-order valence-electron chi connectivity index (χ3n) is 4.05. The Bertz CT molecular complexity index is 254. The van der Waals surface area contributed by atoms with Gasteiger partial charge in [0, 0.05) is 18.6 Å². The van der Waals surface area contributed by atoms with Crippen molar-refractivity contribution in [1.82, 2.24) is 4.90 Å². The van der Waals surface area contributed by atoms with E-state index in [9.17, 15) is 4.79 Å². The molecule has 15 heavy (non-hydrogen) atoms. The molecule has 3 nitrogen and oxygen atoms in total.